The molecule has 0 unspecified atom stereocenters. The Balaban J connectivity index is 1.38. The van der Waals surface area contributed by atoms with Gasteiger partial charge < -0.3 is 15.4 Å². The van der Waals surface area contributed by atoms with E-state index in [0.717, 1.165) is 46.2 Å². The maximum atomic E-state index is 12.7. The molecule has 1 aliphatic rings. The van der Waals surface area contributed by atoms with Crippen LogP contribution in [0.5, 0.6) is 5.75 Å². The van der Waals surface area contributed by atoms with E-state index in [1.807, 2.05) is 67.6 Å². The van der Waals surface area contributed by atoms with Crippen molar-refractivity contribution in [1.29, 1.82) is 0 Å². The first-order valence-corrected chi connectivity index (χ1v) is 10.3. The predicted molar refractivity (Wildman–Crippen MR) is 119 cm³/mol. The van der Waals surface area contributed by atoms with Crippen molar-refractivity contribution in [3.05, 3.63) is 71.8 Å². The number of hydrogen-bond acceptors (Lipinski definition) is 3. The summed E-state index contributed by atoms with van der Waals surface area (Å²) in [4.78, 5) is 24.7. The minimum atomic E-state index is -0.269. The van der Waals surface area contributed by atoms with Crippen LogP contribution in [0.15, 0.2) is 60.7 Å². The number of nitrogens with one attached hydrogen (secondary N) is 2. The topological polar surface area (TPSA) is 67.4 Å². The van der Waals surface area contributed by atoms with Gasteiger partial charge in [-0.25, -0.2) is 0 Å². The van der Waals surface area contributed by atoms with Crippen molar-refractivity contribution in [3.63, 3.8) is 0 Å². The van der Waals surface area contributed by atoms with E-state index in [1.165, 1.54) is 0 Å². The van der Waals surface area contributed by atoms with Crippen molar-refractivity contribution < 1.29 is 14.3 Å². The van der Waals surface area contributed by atoms with E-state index in [-0.39, 0.29) is 23.7 Å². The molecule has 3 aromatic rings. The molecular weight excluding hydrogens is 376 g/mol. The molecule has 1 atom stereocenters. The van der Waals surface area contributed by atoms with Crippen LogP contribution in [-0.2, 0) is 16.1 Å². The first-order valence-electron chi connectivity index (χ1n) is 10.3. The van der Waals surface area contributed by atoms with Gasteiger partial charge in [0.25, 0.3) is 0 Å². The highest BCUT2D eigenvalue weighted by Gasteiger charge is 2.29. The van der Waals surface area contributed by atoms with Crippen molar-refractivity contribution in [2.75, 3.05) is 12.4 Å². The van der Waals surface area contributed by atoms with Crippen LogP contribution in [0.3, 0.4) is 0 Å². The Hall–Kier alpha value is -3.34. The molecule has 0 heterocycles. The molecule has 3 aromatic carbocycles. The minimum Gasteiger partial charge on any atom is -0.497 e. The van der Waals surface area contributed by atoms with Gasteiger partial charge in [-0.3, -0.25) is 9.59 Å². The van der Waals surface area contributed by atoms with E-state index < -0.39 is 0 Å². The molecule has 1 saturated carbocycles. The number of ether oxygens (including phenoxy) is 1. The van der Waals surface area contributed by atoms with E-state index in [9.17, 15) is 9.59 Å². The summed E-state index contributed by atoms with van der Waals surface area (Å²) in [5, 5.41) is 8.11. The second-order valence-electron chi connectivity index (χ2n) is 7.88. The van der Waals surface area contributed by atoms with Crippen LogP contribution in [0.4, 0.5) is 5.69 Å². The molecule has 0 aliphatic heterocycles. The summed E-state index contributed by atoms with van der Waals surface area (Å²) in [7, 11) is 1.65. The van der Waals surface area contributed by atoms with Crippen LogP contribution in [0.2, 0.25) is 0 Å². The average Bonchev–Trinajstić information content (AvgIpc) is 3.62. The third-order valence-corrected chi connectivity index (χ3v) is 5.57. The van der Waals surface area contributed by atoms with E-state index in [1.54, 1.807) is 7.11 Å². The number of hydrogen-bond donors (Lipinski definition) is 2. The molecule has 0 aromatic heterocycles. The number of anilines is 1. The van der Waals surface area contributed by atoms with Crippen LogP contribution in [-0.4, -0.2) is 18.9 Å². The Morgan fingerprint density at radius 3 is 2.57 bits per heavy atom. The van der Waals surface area contributed by atoms with Crippen LogP contribution < -0.4 is 15.4 Å². The van der Waals surface area contributed by atoms with Crippen LogP contribution in [0, 0.1) is 5.92 Å². The minimum absolute atomic E-state index is 0.0321. The third-order valence-electron chi connectivity index (χ3n) is 5.57. The second-order valence-corrected chi connectivity index (χ2v) is 7.88. The molecule has 5 heteroatoms. The lowest BCUT2D eigenvalue weighted by Gasteiger charge is -2.14. The highest BCUT2D eigenvalue weighted by Crippen LogP contribution is 2.30. The second kappa shape index (κ2) is 8.57. The van der Waals surface area contributed by atoms with E-state index in [4.69, 9.17) is 4.74 Å². The Morgan fingerprint density at radius 2 is 1.80 bits per heavy atom. The number of benzene rings is 3. The van der Waals surface area contributed by atoms with Crippen LogP contribution in [0.25, 0.3) is 10.8 Å². The zero-order valence-electron chi connectivity index (χ0n) is 17.3. The van der Waals surface area contributed by atoms with Crippen molar-refractivity contribution in [3.8, 4) is 5.75 Å². The van der Waals surface area contributed by atoms with Gasteiger partial charge in [0, 0.05) is 18.2 Å². The van der Waals surface area contributed by atoms with Gasteiger partial charge in [0.15, 0.2) is 0 Å². The molecule has 2 amide bonds. The van der Waals surface area contributed by atoms with Crippen LogP contribution >= 0.6 is 0 Å². The fourth-order valence-corrected chi connectivity index (χ4v) is 3.48. The molecule has 4 rings (SSSR count). The quantitative estimate of drug-likeness (QED) is 0.606. The number of carbonyl (C=O) groups excluding carboxylic acids is 2. The maximum absolute atomic E-state index is 12.7. The van der Waals surface area contributed by atoms with Gasteiger partial charge in [-0.15, -0.1) is 0 Å². The standard InChI is InChI=1S/C25H26N2O3/c1-16(19-8-9-21-14-23(30-2)11-10-20(21)13-19)24(28)26-15-17-4-3-5-22(12-17)27-25(29)18-6-7-18/h3-5,8-14,16,18H,6-7,15H2,1-2H3,(H,26,28)(H,27,29)/t16-/m1/s1. The molecule has 30 heavy (non-hydrogen) atoms. The lowest BCUT2D eigenvalue weighted by molar-refractivity contribution is -0.122. The summed E-state index contributed by atoms with van der Waals surface area (Å²) in [5.74, 6) is 0.761. The normalized spacial score (nSPS) is 14.2. The zero-order chi connectivity index (χ0) is 21.1. The molecule has 0 saturated heterocycles. The molecule has 1 aliphatic carbocycles. The highest BCUT2D eigenvalue weighted by atomic mass is 16.5. The van der Waals surface area contributed by atoms with Gasteiger partial charge >= 0.3 is 0 Å². The predicted octanol–water partition coefficient (Wildman–Crippen LogP) is 4.62. The summed E-state index contributed by atoms with van der Waals surface area (Å²) < 4.78 is 5.27. The lowest BCUT2D eigenvalue weighted by atomic mass is 9.97. The summed E-state index contributed by atoms with van der Waals surface area (Å²) >= 11 is 0. The maximum Gasteiger partial charge on any atom is 0.227 e. The molecular formula is C25H26N2O3. The smallest absolute Gasteiger partial charge is 0.227 e. The molecule has 0 radical (unpaired) electrons. The molecule has 1 fully saturated rings. The van der Waals surface area contributed by atoms with E-state index in [0.29, 0.717) is 6.54 Å². The first kappa shape index (κ1) is 20.0. The zero-order valence-corrected chi connectivity index (χ0v) is 17.3. The average molecular weight is 402 g/mol. The van der Waals surface area contributed by atoms with E-state index in [2.05, 4.69) is 10.6 Å². The summed E-state index contributed by atoms with van der Waals surface area (Å²) in [6.07, 6.45) is 1.95. The molecule has 154 valence electrons. The van der Waals surface area contributed by atoms with Gasteiger partial charge in [0.05, 0.1) is 13.0 Å². The Bertz CT molecular complexity index is 1090. The Labute approximate surface area is 176 Å². The monoisotopic (exact) mass is 402 g/mol. The number of fused-ring (bicyclic) bond motifs is 1. The summed E-state index contributed by atoms with van der Waals surface area (Å²) in [5.41, 5.74) is 2.70. The number of amides is 2. The first-order chi connectivity index (χ1) is 14.5. The van der Waals surface area contributed by atoms with Gasteiger partial charge in [0.2, 0.25) is 11.8 Å². The van der Waals surface area contributed by atoms with Gasteiger partial charge in [-0.2, -0.15) is 0 Å². The molecule has 0 spiro atoms. The SMILES string of the molecule is COc1ccc2cc([C@@H](C)C(=O)NCc3cccc(NC(=O)C4CC4)c3)ccc2c1. The lowest BCUT2D eigenvalue weighted by Crippen LogP contribution is -2.27. The molecule has 2 N–H and O–H groups in total. The number of carbonyl (C=O) groups is 2. The largest absolute Gasteiger partial charge is 0.497 e. The van der Waals surface area contributed by atoms with Crippen molar-refractivity contribution >= 4 is 28.3 Å². The molecule has 5 nitrogen and oxygen atoms in total. The number of rotatable bonds is 7. The van der Waals surface area contributed by atoms with Gasteiger partial charge in [-0.05, 0) is 65.9 Å². The van der Waals surface area contributed by atoms with Crippen LogP contribution in [0.1, 0.15) is 36.8 Å². The number of methoxy groups -OCH3 is 1. The fourth-order valence-electron chi connectivity index (χ4n) is 3.48. The Morgan fingerprint density at radius 1 is 1.03 bits per heavy atom. The third kappa shape index (κ3) is 4.62. The van der Waals surface area contributed by atoms with Gasteiger partial charge in [-0.1, -0.05) is 36.4 Å². The van der Waals surface area contributed by atoms with Crippen molar-refractivity contribution in [1.82, 2.24) is 5.32 Å². The fraction of sp³-hybridized carbons (Fsp3) is 0.280. The highest BCUT2D eigenvalue weighted by molar-refractivity contribution is 5.94. The van der Waals surface area contributed by atoms with Crippen molar-refractivity contribution in [2.24, 2.45) is 5.92 Å². The molecule has 0 bridgehead atoms. The summed E-state index contributed by atoms with van der Waals surface area (Å²) in [6.45, 7) is 2.33. The van der Waals surface area contributed by atoms with E-state index >= 15 is 0 Å². The summed E-state index contributed by atoms with van der Waals surface area (Å²) in [6, 6.07) is 19.6. The van der Waals surface area contributed by atoms with Gasteiger partial charge in [0.1, 0.15) is 5.75 Å². The Kier molecular flexibility index (Phi) is 5.70. The van der Waals surface area contributed by atoms with Crippen molar-refractivity contribution in [2.45, 2.75) is 32.2 Å².